The molecular formula is C13H16N4O2. The topological polar surface area (TPSA) is 90.1 Å². The predicted octanol–water partition coefficient (Wildman–Crippen LogP) is 1.27. The molecule has 1 aromatic heterocycles. The highest BCUT2D eigenvalue weighted by Crippen LogP contribution is 2.32. The van der Waals surface area contributed by atoms with Gasteiger partial charge >= 0.3 is 5.97 Å². The van der Waals surface area contributed by atoms with E-state index in [0.29, 0.717) is 29.5 Å². The van der Waals surface area contributed by atoms with Gasteiger partial charge in [0.1, 0.15) is 18.2 Å². The molecule has 0 aliphatic heterocycles. The Labute approximate surface area is 111 Å². The van der Waals surface area contributed by atoms with Crippen molar-refractivity contribution in [2.75, 3.05) is 18.0 Å². The van der Waals surface area contributed by atoms with Gasteiger partial charge in [-0.1, -0.05) is 0 Å². The van der Waals surface area contributed by atoms with Crippen molar-refractivity contribution in [3.05, 3.63) is 16.8 Å². The molecule has 1 heterocycles. The summed E-state index contributed by atoms with van der Waals surface area (Å²) in [7, 11) is 0. The molecule has 0 bridgehead atoms. The van der Waals surface area contributed by atoms with Crippen LogP contribution in [0.3, 0.4) is 0 Å². The van der Waals surface area contributed by atoms with Crippen molar-refractivity contribution in [3.63, 3.8) is 0 Å². The molecule has 1 saturated carbocycles. The number of hydrogen-bond donors (Lipinski definition) is 1. The van der Waals surface area contributed by atoms with E-state index in [4.69, 9.17) is 5.11 Å². The van der Waals surface area contributed by atoms with Crippen LogP contribution >= 0.6 is 0 Å². The van der Waals surface area contributed by atoms with E-state index < -0.39 is 5.97 Å². The van der Waals surface area contributed by atoms with Crippen molar-refractivity contribution in [1.82, 2.24) is 10.2 Å². The SMILES string of the molecule is Cc1nnc(N(CC(=O)O)CC2CC2)c(C#N)c1C. The zero-order valence-corrected chi connectivity index (χ0v) is 11.1. The highest BCUT2D eigenvalue weighted by molar-refractivity contribution is 5.74. The molecule has 0 radical (unpaired) electrons. The van der Waals surface area contributed by atoms with Crippen LogP contribution in [0.25, 0.3) is 0 Å². The molecular weight excluding hydrogens is 244 g/mol. The normalized spacial score (nSPS) is 13.9. The number of aliphatic carboxylic acids is 1. The van der Waals surface area contributed by atoms with E-state index in [1.807, 2.05) is 6.92 Å². The summed E-state index contributed by atoms with van der Waals surface area (Å²) in [6.45, 7) is 4.07. The Morgan fingerprint density at radius 2 is 2.16 bits per heavy atom. The average Bonchev–Trinajstić information content (AvgIpc) is 3.15. The number of carboxylic acid groups (broad SMARTS) is 1. The van der Waals surface area contributed by atoms with Crippen molar-refractivity contribution >= 4 is 11.8 Å². The molecule has 0 saturated heterocycles. The molecule has 1 N–H and O–H groups in total. The summed E-state index contributed by atoms with van der Waals surface area (Å²) in [4.78, 5) is 12.6. The van der Waals surface area contributed by atoms with E-state index in [0.717, 1.165) is 18.4 Å². The second kappa shape index (κ2) is 5.22. The molecule has 1 aliphatic carbocycles. The van der Waals surface area contributed by atoms with Gasteiger partial charge in [0, 0.05) is 6.54 Å². The number of nitrogens with zero attached hydrogens (tertiary/aromatic N) is 4. The van der Waals surface area contributed by atoms with Gasteiger partial charge in [-0.2, -0.15) is 10.4 Å². The number of hydrogen-bond acceptors (Lipinski definition) is 5. The van der Waals surface area contributed by atoms with E-state index in [1.165, 1.54) is 0 Å². The Morgan fingerprint density at radius 3 is 2.68 bits per heavy atom. The van der Waals surface area contributed by atoms with Crippen LogP contribution in [0.4, 0.5) is 5.82 Å². The van der Waals surface area contributed by atoms with Crippen molar-refractivity contribution in [1.29, 1.82) is 5.26 Å². The van der Waals surface area contributed by atoms with Gasteiger partial charge in [-0.25, -0.2) is 0 Å². The van der Waals surface area contributed by atoms with E-state index in [1.54, 1.807) is 11.8 Å². The molecule has 100 valence electrons. The summed E-state index contributed by atoms with van der Waals surface area (Å²) >= 11 is 0. The molecule has 1 aliphatic rings. The molecule has 0 unspecified atom stereocenters. The third kappa shape index (κ3) is 2.99. The second-order valence-electron chi connectivity index (χ2n) is 4.94. The number of carbonyl (C=O) groups is 1. The number of carboxylic acids is 1. The first kappa shape index (κ1) is 13.3. The van der Waals surface area contributed by atoms with E-state index in [9.17, 15) is 10.1 Å². The monoisotopic (exact) mass is 260 g/mol. The minimum Gasteiger partial charge on any atom is -0.480 e. The fourth-order valence-electron chi connectivity index (χ4n) is 1.95. The molecule has 19 heavy (non-hydrogen) atoms. The molecule has 0 aromatic carbocycles. The Balaban J connectivity index is 2.37. The number of rotatable bonds is 5. The molecule has 0 spiro atoms. The summed E-state index contributed by atoms with van der Waals surface area (Å²) in [6.07, 6.45) is 2.21. The fourth-order valence-corrected chi connectivity index (χ4v) is 1.95. The van der Waals surface area contributed by atoms with Crippen LogP contribution in [-0.2, 0) is 4.79 Å². The number of aromatic nitrogens is 2. The van der Waals surface area contributed by atoms with Gasteiger partial charge in [0.15, 0.2) is 5.82 Å². The lowest BCUT2D eigenvalue weighted by Gasteiger charge is -2.22. The van der Waals surface area contributed by atoms with E-state index >= 15 is 0 Å². The van der Waals surface area contributed by atoms with E-state index in [2.05, 4.69) is 16.3 Å². The highest BCUT2D eigenvalue weighted by Gasteiger charge is 2.28. The zero-order valence-electron chi connectivity index (χ0n) is 11.1. The smallest absolute Gasteiger partial charge is 0.323 e. The van der Waals surface area contributed by atoms with Crippen molar-refractivity contribution < 1.29 is 9.90 Å². The third-order valence-electron chi connectivity index (χ3n) is 3.35. The summed E-state index contributed by atoms with van der Waals surface area (Å²) in [5.74, 6) is -0.0289. The number of nitriles is 1. The summed E-state index contributed by atoms with van der Waals surface area (Å²) in [5, 5.41) is 26.3. The van der Waals surface area contributed by atoms with Crippen LogP contribution in [0, 0.1) is 31.1 Å². The Hall–Kier alpha value is -2.16. The molecule has 6 heteroatoms. The predicted molar refractivity (Wildman–Crippen MR) is 68.8 cm³/mol. The molecule has 2 rings (SSSR count). The number of aryl methyl sites for hydroxylation is 1. The molecule has 0 atom stereocenters. The zero-order chi connectivity index (χ0) is 14.0. The fraction of sp³-hybridized carbons (Fsp3) is 0.538. The minimum absolute atomic E-state index is 0.150. The molecule has 6 nitrogen and oxygen atoms in total. The van der Waals surface area contributed by atoms with Gasteiger partial charge in [0.2, 0.25) is 0 Å². The van der Waals surface area contributed by atoms with Crippen molar-refractivity contribution in [2.24, 2.45) is 5.92 Å². The van der Waals surface area contributed by atoms with Crippen LogP contribution in [0.1, 0.15) is 29.7 Å². The van der Waals surface area contributed by atoms with Crippen LogP contribution in [0.15, 0.2) is 0 Å². The summed E-state index contributed by atoms with van der Waals surface area (Å²) < 4.78 is 0. The maximum Gasteiger partial charge on any atom is 0.323 e. The first-order chi connectivity index (χ1) is 9.02. The maximum atomic E-state index is 11.0. The lowest BCUT2D eigenvalue weighted by Crippen LogP contribution is -2.33. The quantitative estimate of drug-likeness (QED) is 0.857. The lowest BCUT2D eigenvalue weighted by molar-refractivity contribution is -0.135. The van der Waals surface area contributed by atoms with Gasteiger partial charge in [-0.05, 0) is 38.2 Å². The van der Waals surface area contributed by atoms with Gasteiger partial charge in [0.25, 0.3) is 0 Å². The van der Waals surface area contributed by atoms with Crippen molar-refractivity contribution in [2.45, 2.75) is 26.7 Å². The van der Waals surface area contributed by atoms with Crippen LogP contribution in [-0.4, -0.2) is 34.4 Å². The highest BCUT2D eigenvalue weighted by atomic mass is 16.4. The minimum atomic E-state index is -0.926. The first-order valence-corrected chi connectivity index (χ1v) is 6.23. The van der Waals surface area contributed by atoms with Crippen LogP contribution in [0.5, 0.6) is 0 Å². The third-order valence-corrected chi connectivity index (χ3v) is 3.35. The Kier molecular flexibility index (Phi) is 3.65. The molecule has 1 fully saturated rings. The van der Waals surface area contributed by atoms with Crippen molar-refractivity contribution in [3.8, 4) is 6.07 Å². The Morgan fingerprint density at radius 1 is 1.47 bits per heavy atom. The summed E-state index contributed by atoms with van der Waals surface area (Å²) in [5.41, 5.74) is 1.88. The van der Waals surface area contributed by atoms with Crippen LogP contribution < -0.4 is 4.90 Å². The standard InChI is InChI=1S/C13H16N4O2/c1-8-9(2)15-16-13(11(8)5-14)17(7-12(18)19)6-10-3-4-10/h10H,3-4,6-7H2,1-2H3,(H,18,19). The molecule has 1 aromatic rings. The average molecular weight is 260 g/mol. The van der Waals surface area contributed by atoms with Crippen LogP contribution in [0.2, 0.25) is 0 Å². The van der Waals surface area contributed by atoms with E-state index in [-0.39, 0.29) is 6.54 Å². The number of anilines is 1. The van der Waals surface area contributed by atoms with Gasteiger partial charge < -0.3 is 10.0 Å². The second-order valence-corrected chi connectivity index (χ2v) is 4.94. The lowest BCUT2D eigenvalue weighted by atomic mass is 10.1. The summed E-state index contributed by atoms with van der Waals surface area (Å²) in [6, 6.07) is 2.11. The van der Waals surface area contributed by atoms with Gasteiger partial charge in [-0.3, -0.25) is 4.79 Å². The Bertz CT molecular complexity index is 546. The molecule has 0 amide bonds. The first-order valence-electron chi connectivity index (χ1n) is 6.23. The van der Waals surface area contributed by atoms with Gasteiger partial charge in [-0.15, -0.1) is 5.10 Å². The van der Waals surface area contributed by atoms with Gasteiger partial charge in [0.05, 0.1) is 5.69 Å². The largest absolute Gasteiger partial charge is 0.480 e. The maximum absolute atomic E-state index is 11.0.